The van der Waals surface area contributed by atoms with Gasteiger partial charge in [-0.15, -0.1) is 0 Å². The molecule has 0 radical (unpaired) electrons. The molecule has 1 amide bonds. The van der Waals surface area contributed by atoms with Crippen LogP contribution in [-0.2, 0) is 6.54 Å². The quantitative estimate of drug-likeness (QED) is 0.424. The monoisotopic (exact) mass is 443 g/mol. The van der Waals surface area contributed by atoms with E-state index in [0.717, 1.165) is 16.8 Å². The highest BCUT2D eigenvalue weighted by molar-refractivity contribution is 6.39. The zero-order valence-electron chi connectivity index (χ0n) is 15.8. The van der Waals surface area contributed by atoms with Gasteiger partial charge in [-0.2, -0.15) is 0 Å². The fourth-order valence-corrected chi connectivity index (χ4v) is 3.68. The molecule has 0 saturated carbocycles. The van der Waals surface area contributed by atoms with Crippen molar-refractivity contribution in [2.45, 2.75) is 6.54 Å². The number of carbonyl (C=O) groups is 1. The van der Waals surface area contributed by atoms with E-state index in [-0.39, 0.29) is 15.7 Å². The summed E-state index contributed by atoms with van der Waals surface area (Å²) in [7, 11) is 1.61. The van der Waals surface area contributed by atoms with Crippen LogP contribution in [0.4, 0.5) is 10.1 Å². The second-order valence-electron chi connectivity index (χ2n) is 6.61. The van der Waals surface area contributed by atoms with Crippen molar-refractivity contribution < 1.29 is 13.9 Å². The predicted octanol–water partition coefficient (Wildman–Crippen LogP) is 5.79. The van der Waals surface area contributed by atoms with Gasteiger partial charge >= 0.3 is 0 Å². The van der Waals surface area contributed by atoms with Gasteiger partial charge in [0.25, 0.3) is 5.91 Å². The Morgan fingerprint density at radius 3 is 2.50 bits per heavy atom. The predicted molar refractivity (Wildman–Crippen MR) is 116 cm³/mol. The summed E-state index contributed by atoms with van der Waals surface area (Å²) in [5.41, 5.74) is 2.29. The molecule has 4 rings (SSSR count). The number of hydrogen-bond donors (Lipinski definition) is 1. The maximum atomic E-state index is 13.9. The van der Waals surface area contributed by atoms with E-state index in [9.17, 15) is 9.18 Å². The molecule has 0 fully saturated rings. The summed E-state index contributed by atoms with van der Waals surface area (Å²) < 4.78 is 21.0. The van der Waals surface area contributed by atoms with Crippen molar-refractivity contribution in [1.29, 1.82) is 0 Å². The van der Waals surface area contributed by atoms with Crippen molar-refractivity contribution in [2.75, 3.05) is 12.4 Å². The van der Waals surface area contributed by atoms with Crippen molar-refractivity contribution in [1.82, 2.24) is 9.55 Å². The molecule has 30 heavy (non-hydrogen) atoms. The van der Waals surface area contributed by atoms with Crippen LogP contribution < -0.4 is 10.1 Å². The van der Waals surface area contributed by atoms with Gasteiger partial charge in [0, 0.05) is 36.0 Å². The van der Waals surface area contributed by atoms with E-state index >= 15 is 0 Å². The van der Waals surface area contributed by atoms with Crippen LogP contribution in [0.25, 0.3) is 10.9 Å². The van der Waals surface area contributed by atoms with E-state index in [1.807, 2.05) is 28.8 Å². The van der Waals surface area contributed by atoms with Crippen LogP contribution in [0.2, 0.25) is 10.0 Å². The third-order valence-corrected chi connectivity index (χ3v) is 5.26. The molecule has 0 aliphatic rings. The Bertz CT molecular complexity index is 1220. The van der Waals surface area contributed by atoms with Crippen LogP contribution >= 0.6 is 23.2 Å². The third kappa shape index (κ3) is 3.97. The molecule has 2 aromatic carbocycles. The fourth-order valence-electron chi connectivity index (χ4n) is 3.22. The Morgan fingerprint density at radius 2 is 1.83 bits per heavy atom. The number of amides is 1. The molecule has 8 heteroatoms. The first-order chi connectivity index (χ1) is 14.5. The first-order valence-corrected chi connectivity index (χ1v) is 9.73. The van der Waals surface area contributed by atoms with E-state index in [1.54, 1.807) is 19.4 Å². The minimum absolute atomic E-state index is 0.212. The number of halogens is 3. The number of rotatable bonds is 5. The maximum absolute atomic E-state index is 13.9. The molecule has 2 heterocycles. The average molecular weight is 444 g/mol. The lowest BCUT2D eigenvalue weighted by atomic mass is 10.1. The van der Waals surface area contributed by atoms with Crippen LogP contribution in [-0.4, -0.2) is 22.6 Å². The number of ether oxygens (including phenoxy) is 1. The van der Waals surface area contributed by atoms with Crippen LogP contribution in [0, 0.1) is 5.82 Å². The molecule has 0 saturated heterocycles. The first kappa shape index (κ1) is 20.2. The molecular weight excluding hydrogens is 428 g/mol. The lowest BCUT2D eigenvalue weighted by Gasteiger charge is -2.08. The fraction of sp³-hybridized carbons (Fsp3) is 0.0909. The summed E-state index contributed by atoms with van der Waals surface area (Å²) in [4.78, 5) is 16.9. The number of methoxy groups -OCH3 is 1. The van der Waals surface area contributed by atoms with Crippen LogP contribution in [0.5, 0.6) is 5.75 Å². The molecule has 0 aliphatic carbocycles. The Labute approximate surface area is 182 Å². The molecule has 0 spiro atoms. The van der Waals surface area contributed by atoms with Crippen LogP contribution in [0.1, 0.15) is 15.9 Å². The van der Waals surface area contributed by atoms with Gasteiger partial charge in [-0.3, -0.25) is 9.78 Å². The van der Waals surface area contributed by atoms with Crippen molar-refractivity contribution in [3.8, 4) is 5.75 Å². The summed E-state index contributed by atoms with van der Waals surface area (Å²) in [6.07, 6.45) is 4.46. The second kappa shape index (κ2) is 8.34. The maximum Gasteiger partial charge on any atom is 0.257 e. The van der Waals surface area contributed by atoms with E-state index in [1.165, 1.54) is 24.5 Å². The normalized spacial score (nSPS) is 10.9. The number of aromatic nitrogens is 2. The molecule has 152 valence electrons. The first-order valence-electron chi connectivity index (χ1n) is 8.98. The Hall–Kier alpha value is -3.09. The van der Waals surface area contributed by atoms with Gasteiger partial charge in [-0.1, -0.05) is 35.3 Å². The number of nitrogens with zero attached hydrogens (tertiary/aromatic N) is 2. The highest BCUT2D eigenvalue weighted by Crippen LogP contribution is 2.31. The zero-order chi connectivity index (χ0) is 21.3. The number of pyridine rings is 1. The smallest absolute Gasteiger partial charge is 0.257 e. The molecule has 0 bridgehead atoms. The zero-order valence-corrected chi connectivity index (χ0v) is 17.3. The molecule has 0 atom stereocenters. The van der Waals surface area contributed by atoms with Gasteiger partial charge in [-0.25, -0.2) is 4.39 Å². The molecule has 0 unspecified atom stereocenters. The summed E-state index contributed by atoms with van der Waals surface area (Å²) >= 11 is 12.2. The van der Waals surface area contributed by atoms with Crippen LogP contribution in [0.3, 0.4) is 0 Å². The summed E-state index contributed by atoms with van der Waals surface area (Å²) in [6.45, 7) is 0.496. The minimum atomic E-state index is -0.450. The number of nitrogens with one attached hydrogen (secondary N) is 1. The van der Waals surface area contributed by atoms with Gasteiger partial charge in [0.05, 0.1) is 28.4 Å². The molecule has 0 aliphatic heterocycles. The molecular formula is C22H16Cl2FN3O2. The number of fused-ring (bicyclic) bond motifs is 1. The lowest BCUT2D eigenvalue weighted by Crippen LogP contribution is -2.12. The molecule has 1 N–H and O–H groups in total. The molecule has 4 aromatic rings. The average Bonchev–Trinajstić information content (AvgIpc) is 3.09. The van der Waals surface area contributed by atoms with Gasteiger partial charge in [0.2, 0.25) is 0 Å². The topological polar surface area (TPSA) is 56.1 Å². The van der Waals surface area contributed by atoms with Crippen molar-refractivity contribution in [2.24, 2.45) is 0 Å². The van der Waals surface area contributed by atoms with Crippen molar-refractivity contribution in [3.63, 3.8) is 0 Å². The third-order valence-electron chi connectivity index (χ3n) is 4.69. The Balaban J connectivity index is 1.72. The largest absolute Gasteiger partial charge is 0.497 e. The van der Waals surface area contributed by atoms with Crippen molar-refractivity contribution in [3.05, 3.63) is 88.0 Å². The summed E-state index contributed by atoms with van der Waals surface area (Å²) in [5.74, 6) is -0.128. The number of benzene rings is 2. The van der Waals surface area contributed by atoms with Crippen molar-refractivity contribution >= 4 is 45.7 Å². The number of hydrogen-bond acceptors (Lipinski definition) is 3. The summed E-state index contributed by atoms with van der Waals surface area (Å²) in [5, 5.41) is 3.62. The van der Waals surface area contributed by atoms with E-state index in [0.29, 0.717) is 17.5 Å². The van der Waals surface area contributed by atoms with E-state index in [4.69, 9.17) is 27.9 Å². The highest BCUT2D eigenvalue weighted by Gasteiger charge is 2.18. The van der Waals surface area contributed by atoms with E-state index < -0.39 is 11.7 Å². The SMILES string of the molecule is COc1ccc(Cn2cc(C(=O)Nc3c(Cl)cncc3Cl)c3cc(F)ccc32)cc1. The minimum Gasteiger partial charge on any atom is -0.497 e. The van der Waals surface area contributed by atoms with E-state index in [2.05, 4.69) is 10.3 Å². The van der Waals surface area contributed by atoms with Gasteiger partial charge in [0.1, 0.15) is 11.6 Å². The second-order valence-corrected chi connectivity index (χ2v) is 7.43. The van der Waals surface area contributed by atoms with Crippen LogP contribution in [0.15, 0.2) is 61.1 Å². The summed E-state index contributed by atoms with van der Waals surface area (Å²) in [6, 6.07) is 11.9. The molecule has 5 nitrogen and oxygen atoms in total. The standard InChI is InChI=1S/C22H16Cl2FN3O2/c1-30-15-5-2-13(3-6-15)11-28-12-17(16-8-14(25)4-7-20(16)28)22(29)27-21-18(23)9-26-10-19(21)24/h2-10,12H,11H2,1H3,(H,26,27,29). The highest BCUT2D eigenvalue weighted by atomic mass is 35.5. The Morgan fingerprint density at radius 1 is 1.13 bits per heavy atom. The van der Waals surface area contributed by atoms with Gasteiger partial charge in [-0.05, 0) is 35.9 Å². The van der Waals surface area contributed by atoms with Gasteiger partial charge in [0.15, 0.2) is 0 Å². The lowest BCUT2D eigenvalue weighted by molar-refractivity contribution is 0.102. The molecule has 2 aromatic heterocycles. The van der Waals surface area contributed by atoms with Gasteiger partial charge < -0.3 is 14.6 Å². The number of carbonyl (C=O) groups excluding carboxylic acids is 1. The Kier molecular flexibility index (Phi) is 5.61. The number of anilines is 1.